The fourth-order valence-electron chi connectivity index (χ4n) is 1.24. The predicted molar refractivity (Wildman–Crippen MR) is 38.6 cm³/mol. The van der Waals surface area contributed by atoms with Crippen LogP contribution in [0.3, 0.4) is 0 Å². The van der Waals surface area contributed by atoms with Crippen LogP contribution in [0.25, 0.3) is 0 Å². The lowest BCUT2D eigenvalue weighted by atomic mass is 9.96. The lowest BCUT2D eigenvalue weighted by Crippen LogP contribution is -2.21. The van der Waals surface area contributed by atoms with E-state index in [9.17, 15) is 4.79 Å². The van der Waals surface area contributed by atoms with Gasteiger partial charge in [-0.05, 0) is 25.7 Å². The Morgan fingerprint density at radius 1 is 1.55 bits per heavy atom. The van der Waals surface area contributed by atoms with Gasteiger partial charge in [-0.1, -0.05) is 5.16 Å². The third-order valence-corrected chi connectivity index (χ3v) is 1.90. The summed E-state index contributed by atoms with van der Waals surface area (Å²) < 4.78 is 4.76. The van der Waals surface area contributed by atoms with Gasteiger partial charge in [0.15, 0.2) is 0 Å². The Labute approximate surface area is 64.8 Å². The molecule has 0 aromatic carbocycles. The van der Waals surface area contributed by atoms with Crippen molar-refractivity contribution in [1.29, 1.82) is 0 Å². The highest BCUT2D eigenvalue weighted by molar-refractivity contribution is 5.84. The third kappa shape index (κ3) is 2.22. The van der Waals surface area contributed by atoms with Crippen molar-refractivity contribution < 1.29 is 14.7 Å². The summed E-state index contributed by atoms with van der Waals surface area (Å²) in [6, 6.07) is 0. The number of carbonyl (C=O) groups is 1. The predicted octanol–water partition coefficient (Wildman–Crippen LogP) is 0.932. The quantitative estimate of drug-likeness (QED) is 0.368. The summed E-state index contributed by atoms with van der Waals surface area (Å²) in [5.74, 6) is 0. The summed E-state index contributed by atoms with van der Waals surface area (Å²) in [6.45, 7) is 0.478. The monoisotopic (exact) mass is 157 g/mol. The number of rotatable bonds is 2. The minimum Gasteiger partial charge on any atom is -0.465 e. The molecule has 0 unspecified atom stereocenters. The summed E-state index contributed by atoms with van der Waals surface area (Å²) in [5.41, 5.74) is 0.802. The molecule has 4 heteroatoms. The summed E-state index contributed by atoms with van der Waals surface area (Å²) >= 11 is 0. The molecule has 1 N–H and O–H groups in total. The van der Waals surface area contributed by atoms with E-state index in [0.717, 1.165) is 31.4 Å². The second kappa shape index (κ2) is 3.95. The van der Waals surface area contributed by atoms with Crippen LogP contribution in [-0.2, 0) is 9.53 Å². The first-order valence-electron chi connectivity index (χ1n) is 3.65. The van der Waals surface area contributed by atoms with E-state index in [1.165, 1.54) is 0 Å². The largest absolute Gasteiger partial charge is 0.465 e. The molecule has 11 heavy (non-hydrogen) atoms. The van der Waals surface area contributed by atoms with Crippen LogP contribution in [0.5, 0.6) is 0 Å². The molecule has 4 nitrogen and oxygen atoms in total. The number of carbonyl (C=O) groups excluding carboxylic acids is 1. The maximum atomic E-state index is 9.92. The zero-order valence-corrected chi connectivity index (χ0v) is 6.19. The van der Waals surface area contributed by atoms with Gasteiger partial charge in [-0.15, -0.1) is 0 Å². The first-order chi connectivity index (χ1) is 5.36. The fraction of sp³-hybridized carbons (Fsp3) is 0.714. The first-order valence-corrected chi connectivity index (χ1v) is 3.65. The molecule has 0 heterocycles. The minimum atomic E-state index is 0.0259. The third-order valence-electron chi connectivity index (χ3n) is 1.90. The number of hydrogen-bond acceptors (Lipinski definition) is 4. The molecular weight excluding hydrogens is 146 g/mol. The second-order valence-corrected chi connectivity index (χ2v) is 2.60. The van der Waals surface area contributed by atoms with E-state index >= 15 is 0 Å². The van der Waals surface area contributed by atoms with Crippen LogP contribution in [0, 0.1) is 0 Å². The van der Waals surface area contributed by atoms with E-state index in [2.05, 4.69) is 5.16 Å². The molecule has 0 radical (unpaired) electrons. The highest BCUT2D eigenvalue weighted by Crippen LogP contribution is 2.17. The molecule has 0 aromatic rings. The standard InChI is InChI=1S/C7H11NO3/c9-5-11-7-3-1-6(8-10)2-4-7/h5,7,10H,1-4H2. The average molecular weight is 157 g/mol. The zero-order chi connectivity index (χ0) is 8.10. The van der Waals surface area contributed by atoms with E-state index in [0.29, 0.717) is 6.47 Å². The Morgan fingerprint density at radius 3 is 2.64 bits per heavy atom. The van der Waals surface area contributed by atoms with Crippen LogP contribution in [0.2, 0.25) is 0 Å². The van der Waals surface area contributed by atoms with Crippen molar-refractivity contribution in [2.24, 2.45) is 5.16 Å². The number of oxime groups is 1. The van der Waals surface area contributed by atoms with Crippen LogP contribution in [-0.4, -0.2) is 23.5 Å². The summed E-state index contributed by atoms with van der Waals surface area (Å²) in [6.07, 6.45) is 3.04. The Morgan fingerprint density at radius 2 is 2.18 bits per heavy atom. The van der Waals surface area contributed by atoms with Gasteiger partial charge in [0, 0.05) is 0 Å². The molecule has 0 bridgehead atoms. The number of hydrogen-bond donors (Lipinski definition) is 1. The van der Waals surface area contributed by atoms with E-state index in [1.807, 2.05) is 0 Å². The molecule has 0 spiro atoms. The van der Waals surface area contributed by atoms with Crippen LogP contribution >= 0.6 is 0 Å². The topological polar surface area (TPSA) is 58.9 Å². The smallest absolute Gasteiger partial charge is 0.293 e. The molecule has 1 aliphatic rings. The number of ether oxygens (including phenoxy) is 1. The van der Waals surface area contributed by atoms with Gasteiger partial charge in [0.2, 0.25) is 0 Å². The van der Waals surface area contributed by atoms with E-state index in [4.69, 9.17) is 9.94 Å². The molecule has 1 rings (SSSR count). The van der Waals surface area contributed by atoms with Crippen molar-refractivity contribution in [3.05, 3.63) is 0 Å². The molecule has 0 aromatic heterocycles. The van der Waals surface area contributed by atoms with Crippen molar-refractivity contribution in [1.82, 2.24) is 0 Å². The van der Waals surface area contributed by atoms with Crippen LogP contribution in [0.15, 0.2) is 5.16 Å². The van der Waals surface area contributed by atoms with Gasteiger partial charge in [0.05, 0.1) is 5.71 Å². The van der Waals surface area contributed by atoms with Crippen LogP contribution in [0.1, 0.15) is 25.7 Å². The van der Waals surface area contributed by atoms with Crippen molar-refractivity contribution >= 4 is 12.2 Å². The molecule has 1 saturated carbocycles. The molecule has 1 aliphatic carbocycles. The molecule has 0 amide bonds. The van der Waals surface area contributed by atoms with Crippen molar-refractivity contribution in [3.63, 3.8) is 0 Å². The lowest BCUT2D eigenvalue weighted by molar-refractivity contribution is -0.134. The van der Waals surface area contributed by atoms with E-state index in [-0.39, 0.29) is 6.10 Å². The Bertz CT molecular complexity index is 157. The van der Waals surface area contributed by atoms with E-state index < -0.39 is 0 Å². The van der Waals surface area contributed by atoms with Gasteiger partial charge in [0.1, 0.15) is 6.10 Å². The van der Waals surface area contributed by atoms with Crippen molar-refractivity contribution in [2.75, 3.05) is 0 Å². The molecule has 0 aliphatic heterocycles. The second-order valence-electron chi connectivity index (χ2n) is 2.60. The lowest BCUT2D eigenvalue weighted by Gasteiger charge is -2.19. The molecule has 0 atom stereocenters. The summed E-state index contributed by atoms with van der Waals surface area (Å²) in [7, 11) is 0. The Kier molecular flexibility index (Phi) is 2.89. The molecule has 0 saturated heterocycles. The van der Waals surface area contributed by atoms with Crippen LogP contribution < -0.4 is 0 Å². The molecule has 1 fully saturated rings. The van der Waals surface area contributed by atoms with Gasteiger partial charge in [0.25, 0.3) is 6.47 Å². The zero-order valence-electron chi connectivity index (χ0n) is 6.19. The normalized spacial score (nSPS) is 24.4. The summed E-state index contributed by atoms with van der Waals surface area (Å²) in [4.78, 5) is 9.92. The molecular formula is C7H11NO3. The first kappa shape index (κ1) is 8.04. The summed E-state index contributed by atoms with van der Waals surface area (Å²) in [5, 5.41) is 11.5. The SMILES string of the molecule is O=COC1CCC(=NO)CC1. The van der Waals surface area contributed by atoms with Crippen LogP contribution in [0.4, 0.5) is 0 Å². The Hall–Kier alpha value is -1.06. The average Bonchev–Trinajstić information content (AvgIpc) is 2.07. The van der Waals surface area contributed by atoms with E-state index in [1.54, 1.807) is 0 Å². The highest BCUT2D eigenvalue weighted by Gasteiger charge is 2.18. The highest BCUT2D eigenvalue weighted by atomic mass is 16.5. The number of nitrogens with zero attached hydrogens (tertiary/aromatic N) is 1. The minimum absolute atomic E-state index is 0.0259. The van der Waals surface area contributed by atoms with Crippen molar-refractivity contribution in [3.8, 4) is 0 Å². The maximum Gasteiger partial charge on any atom is 0.293 e. The van der Waals surface area contributed by atoms with Gasteiger partial charge in [-0.3, -0.25) is 4.79 Å². The van der Waals surface area contributed by atoms with Gasteiger partial charge in [-0.2, -0.15) is 0 Å². The fourth-order valence-corrected chi connectivity index (χ4v) is 1.24. The van der Waals surface area contributed by atoms with Crippen molar-refractivity contribution in [2.45, 2.75) is 31.8 Å². The van der Waals surface area contributed by atoms with Gasteiger partial charge >= 0.3 is 0 Å². The molecule has 62 valence electrons. The Balaban J connectivity index is 2.29. The van der Waals surface area contributed by atoms with Gasteiger partial charge in [-0.25, -0.2) is 0 Å². The maximum absolute atomic E-state index is 9.92. The van der Waals surface area contributed by atoms with Gasteiger partial charge < -0.3 is 9.94 Å².